The lowest BCUT2D eigenvalue weighted by atomic mass is 9.86. The monoisotopic (exact) mass is 472 g/mol. The smallest absolute Gasteiger partial charge is 0.317 e. The zero-order chi connectivity index (χ0) is 25.4. The molecule has 0 aliphatic rings. The third kappa shape index (κ3) is 7.64. The summed E-state index contributed by atoms with van der Waals surface area (Å²) in [7, 11) is 0. The van der Waals surface area contributed by atoms with Crippen LogP contribution in [-0.2, 0) is 36.9 Å². The summed E-state index contributed by atoms with van der Waals surface area (Å²) in [6, 6.07) is 26.8. The molecule has 0 amide bonds. The Morgan fingerprint density at radius 3 is 1.83 bits per heavy atom. The van der Waals surface area contributed by atoms with Gasteiger partial charge in [-0.3, -0.25) is 14.4 Å². The van der Waals surface area contributed by atoms with Gasteiger partial charge < -0.3 is 9.47 Å². The highest BCUT2D eigenvalue weighted by Gasteiger charge is 2.39. The number of Topliss-reactive ketones (excluding diaryl/α,β-unsaturated/α-hetero) is 1. The van der Waals surface area contributed by atoms with E-state index in [0.717, 1.165) is 22.3 Å². The summed E-state index contributed by atoms with van der Waals surface area (Å²) in [6.45, 7) is 6.80. The fourth-order valence-corrected chi connectivity index (χ4v) is 3.73. The maximum atomic E-state index is 13.3. The molecule has 0 radical (unpaired) electrons. The van der Waals surface area contributed by atoms with Gasteiger partial charge in [0.1, 0.15) is 18.1 Å². The van der Waals surface area contributed by atoms with E-state index < -0.39 is 29.4 Å². The lowest BCUT2D eigenvalue weighted by molar-refractivity contribution is -0.170. The van der Waals surface area contributed by atoms with Crippen LogP contribution in [0.15, 0.2) is 84.9 Å². The van der Waals surface area contributed by atoms with E-state index in [0.29, 0.717) is 0 Å². The van der Waals surface area contributed by atoms with E-state index in [2.05, 4.69) is 0 Å². The van der Waals surface area contributed by atoms with Gasteiger partial charge in [-0.25, -0.2) is 0 Å². The van der Waals surface area contributed by atoms with Crippen molar-refractivity contribution in [3.8, 4) is 11.1 Å². The highest BCUT2D eigenvalue weighted by molar-refractivity contribution is 6.03. The third-order valence-corrected chi connectivity index (χ3v) is 5.54. The molecule has 0 spiro atoms. The summed E-state index contributed by atoms with van der Waals surface area (Å²) in [5.74, 6) is -3.95. The fraction of sp³-hybridized carbons (Fsp3) is 0.300. The molecule has 3 aromatic rings. The minimum Gasteiger partial charge on any atom is -0.461 e. The maximum Gasteiger partial charge on any atom is 0.317 e. The first-order valence-corrected chi connectivity index (χ1v) is 11.7. The van der Waals surface area contributed by atoms with Crippen LogP contribution < -0.4 is 0 Å². The topological polar surface area (TPSA) is 69.7 Å². The van der Waals surface area contributed by atoms with Crippen LogP contribution in [0.3, 0.4) is 0 Å². The number of ether oxygens (including phenoxy) is 2. The number of esters is 2. The van der Waals surface area contributed by atoms with Crippen molar-refractivity contribution in [1.29, 1.82) is 0 Å². The molecule has 0 bridgehead atoms. The van der Waals surface area contributed by atoms with Gasteiger partial charge in [-0.2, -0.15) is 0 Å². The number of rotatable bonds is 9. The van der Waals surface area contributed by atoms with Crippen molar-refractivity contribution in [1.82, 2.24) is 0 Å². The number of hydrogen-bond acceptors (Lipinski definition) is 5. The first-order chi connectivity index (χ1) is 16.6. The molecule has 0 saturated heterocycles. The van der Waals surface area contributed by atoms with Gasteiger partial charge in [0.25, 0.3) is 0 Å². The van der Waals surface area contributed by atoms with E-state index in [1.807, 2.05) is 84.9 Å². The van der Waals surface area contributed by atoms with Crippen LogP contribution in [0.1, 0.15) is 38.8 Å². The van der Waals surface area contributed by atoms with Crippen LogP contribution >= 0.6 is 0 Å². The first kappa shape index (κ1) is 25.9. The van der Waals surface area contributed by atoms with E-state index in [9.17, 15) is 14.4 Å². The molecular formula is C30H32O5. The van der Waals surface area contributed by atoms with Crippen LogP contribution in [0.2, 0.25) is 0 Å². The van der Waals surface area contributed by atoms with Crippen LogP contribution in [0.25, 0.3) is 11.1 Å². The molecule has 35 heavy (non-hydrogen) atoms. The predicted molar refractivity (Wildman–Crippen MR) is 135 cm³/mol. The summed E-state index contributed by atoms with van der Waals surface area (Å²) in [5, 5.41) is 0. The van der Waals surface area contributed by atoms with Gasteiger partial charge in [0.2, 0.25) is 0 Å². The van der Waals surface area contributed by atoms with E-state index in [4.69, 9.17) is 9.47 Å². The molecule has 0 heterocycles. The van der Waals surface area contributed by atoms with Crippen LogP contribution in [0.5, 0.6) is 0 Å². The third-order valence-electron chi connectivity index (χ3n) is 5.54. The van der Waals surface area contributed by atoms with Crippen molar-refractivity contribution in [2.75, 3.05) is 0 Å². The minimum absolute atomic E-state index is 0.00921. The average molecular weight is 473 g/mol. The summed E-state index contributed by atoms with van der Waals surface area (Å²) in [6.07, 6.45) is 0.00921. The SMILES string of the molecule is C[C@@H](C(=O)OCc1ccccc1)C(C(=O)Cc1ccc(-c2ccccc2)cc1)C(=O)OC(C)(C)C. The molecule has 182 valence electrons. The van der Waals surface area contributed by atoms with Crippen molar-refractivity contribution in [2.45, 2.75) is 46.3 Å². The molecule has 5 heteroatoms. The Labute approximate surface area is 207 Å². The van der Waals surface area contributed by atoms with Gasteiger partial charge in [-0.1, -0.05) is 91.9 Å². The van der Waals surface area contributed by atoms with E-state index >= 15 is 0 Å². The van der Waals surface area contributed by atoms with Crippen molar-refractivity contribution in [3.63, 3.8) is 0 Å². The molecule has 3 aromatic carbocycles. The highest BCUT2D eigenvalue weighted by atomic mass is 16.6. The van der Waals surface area contributed by atoms with Gasteiger partial charge in [0.15, 0.2) is 5.78 Å². The van der Waals surface area contributed by atoms with Gasteiger partial charge in [-0.05, 0) is 43.0 Å². The standard InChI is InChI=1S/C30H32O5/c1-21(28(32)34-20-23-11-7-5-8-12-23)27(29(33)35-30(2,3)4)26(31)19-22-15-17-25(18-16-22)24-13-9-6-10-14-24/h5-18,21,27H,19-20H2,1-4H3/t21-,27?/m1/s1. The average Bonchev–Trinajstić information content (AvgIpc) is 2.83. The number of benzene rings is 3. The number of hydrogen-bond donors (Lipinski definition) is 0. The largest absolute Gasteiger partial charge is 0.461 e. The molecule has 3 rings (SSSR count). The second-order valence-corrected chi connectivity index (χ2v) is 9.60. The summed E-state index contributed by atoms with van der Waals surface area (Å²) in [4.78, 5) is 39.1. The van der Waals surface area contributed by atoms with Gasteiger partial charge in [0, 0.05) is 6.42 Å². The van der Waals surface area contributed by atoms with E-state index in [1.165, 1.54) is 6.92 Å². The fourth-order valence-electron chi connectivity index (χ4n) is 3.73. The van der Waals surface area contributed by atoms with Crippen molar-refractivity contribution >= 4 is 17.7 Å². The molecule has 0 aliphatic heterocycles. The Kier molecular flexibility index (Phi) is 8.58. The van der Waals surface area contributed by atoms with Crippen molar-refractivity contribution in [3.05, 3.63) is 96.1 Å². The minimum atomic E-state index is -1.26. The molecule has 0 N–H and O–H groups in total. The molecule has 5 nitrogen and oxygen atoms in total. The lowest BCUT2D eigenvalue weighted by Crippen LogP contribution is -2.40. The Balaban J connectivity index is 1.74. The molecule has 0 saturated carbocycles. The van der Waals surface area contributed by atoms with Gasteiger partial charge in [-0.15, -0.1) is 0 Å². The Hall–Kier alpha value is -3.73. The van der Waals surface area contributed by atoms with E-state index in [-0.39, 0.29) is 18.8 Å². The van der Waals surface area contributed by atoms with Crippen molar-refractivity contribution < 1.29 is 23.9 Å². The molecule has 1 unspecified atom stereocenters. The van der Waals surface area contributed by atoms with Crippen LogP contribution in [0, 0.1) is 11.8 Å². The highest BCUT2D eigenvalue weighted by Crippen LogP contribution is 2.24. The Morgan fingerprint density at radius 2 is 1.26 bits per heavy atom. The predicted octanol–water partition coefficient (Wildman–Crippen LogP) is 5.80. The Bertz CT molecular complexity index is 1130. The normalized spacial score (nSPS) is 12.9. The summed E-state index contributed by atoms with van der Waals surface area (Å²) in [5.41, 5.74) is 2.90. The molecule has 0 fully saturated rings. The molecule has 0 aliphatic carbocycles. The van der Waals surface area contributed by atoms with E-state index in [1.54, 1.807) is 20.8 Å². The maximum absolute atomic E-state index is 13.3. The van der Waals surface area contributed by atoms with Crippen LogP contribution in [-0.4, -0.2) is 23.3 Å². The zero-order valence-corrected chi connectivity index (χ0v) is 20.7. The second kappa shape index (κ2) is 11.6. The summed E-state index contributed by atoms with van der Waals surface area (Å²) < 4.78 is 10.9. The first-order valence-electron chi connectivity index (χ1n) is 11.7. The number of ketones is 1. The number of carbonyl (C=O) groups excluding carboxylic acids is 3. The van der Waals surface area contributed by atoms with Gasteiger partial charge in [0.05, 0.1) is 5.92 Å². The quantitative estimate of drug-likeness (QED) is 0.291. The van der Waals surface area contributed by atoms with Gasteiger partial charge >= 0.3 is 11.9 Å². The second-order valence-electron chi connectivity index (χ2n) is 9.60. The Morgan fingerprint density at radius 1 is 0.714 bits per heavy atom. The number of carbonyl (C=O) groups is 3. The molecule has 2 atom stereocenters. The zero-order valence-electron chi connectivity index (χ0n) is 20.7. The van der Waals surface area contributed by atoms with Crippen molar-refractivity contribution in [2.24, 2.45) is 11.8 Å². The summed E-state index contributed by atoms with van der Waals surface area (Å²) >= 11 is 0. The van der Waals surface area contributed by atoms with Crippen LogP contribution in [0.4, 0.5) is 0 Å². The molecular weight excluding hydrogens is 440 g/mol. The molecule has 0 aromatic heterocycles. The lowest BCUT2D eigenvalue weighted by Gasteiger charge is -2.26.